The molecule has 0 saturated heterocycles. The van der Waals surface area contributed by atoms with Crippen LogP contribution < -0.4 is 5.32 Å². The number of anilines is 1. The summed E-state index contributed by atoms with van der Waals surface area (Å²) in [6, 6.07) is 5.24. The molecule has 2 rings (SSSR count). The monoisotopic (exact) mass is 324 g/mol. The molecule has 0 radical (unpaired) electrons. The second-order valence-corrected chi connectivity index (χ2v) is 4.86. The molecule has 1 aromatic heterocycles. The molecule has 0 aliphatic carbocycles. The molecule has 1 heterocycles. The first-order valence-corrected chi connectivity index (χ1v) is 6.47. The van der Waals surface area contributed by atoms with Gasteiger partial charge >= 0.3 is 5.97 Å². The number of aromatic carboxylic acids is 1. The number of nitrogens with one attached hydrogen (secondary N) is 1. The van der Waals surface area contributed by atoms with E-state index in [2.05, 4.69) is 31.4 Å². The van der Waals surface area contributed by atoms with Crippen molar-refractivity contribution in [3.05, 3.63) is 40.4 Å². The third kappa shape index (κ3) is 3.11. The van der Waals surface area contributed by atoms with Gasteiger partial charge in [-0.25, -0.2) is 4.79 Å². The van der Waals surface area contributed by atoms with Gasteiger partial charge in [-0.05, 0) is 28.1 Å². The largest absolute Gasteiger partial charge is 0.478 e. The van der Waals surface area contributed by atoms with E-state index in [1.165, 1.54) is 0 Å². The quantitative estimate of drug-likeness (QED) is 0.878. The molecule has 0 fully saturated rings. The van der Waals surface area contributed by atoms with Gasteiger partial charge in [0.25, 0.3) is 0 Å². The van der Waals surface area contributed by atoms with Gasteiger partial charge in [0.15, 0.2) is 0 Å². The molecule has 1 aromatic carbocycles. The summed E-state index contributed by atoms with van der Waals surface area (Å²) in [5.74, 6) is -0.118. The molecule has 2 aromatic rings. The highest BCUT2D eigenvalue weighted by molar-refractivity contribution is 9.10. The van der Waals surface area contributed by atoms with Gasteiger partial charge in [0.2, 0.25) is 0 Å². The molecule has 0 aliphatic rings. The summed E-state index contributed by atoms with van der Waals surface area (Å²) in [5.41, 5.74) is 0.824. The average molecular weight is 325 g/mol. The summed E-state index contributed by atoms with van der Waals surface area (Å²) in [5, 5.41) is 20.0. The predicted molar refractivity (Wildman–Crippen MR) is 74.3 cm³/mol. The molecule has 0 spiro atoms. The van der Waals surface area contributed by atoms with E-state index in [4.69, 9.17) is 0 Å². The van der Waals surface area contributed by atoms with Crippen LogP contribution in [0.25, 0.3) is 0 Å². The summed E-state index contributed by atoms with van der Waals surface area (Å²) < 4.78 is 2.39. The van der Waals surface area contributed by atoms with Gasteiger partial charge in [0.05, 0.1) is 5.56 Å². The molecule has 19 heavy (non-hydrogen) atoms. The first-order chi connectivity index (χ1) is 9.09. The average Bonchev–Trinajstić information content (AvgIpc) is 2.75. The van der Waals surface area contributed by atoms with Crippen LogP contribution >= 0.6 is 15.9 Å². The highest BCUT2D eigenvalue weighted by atomic mass is 79.9. The van der Waals surface area contributed by atoms with Gasteiger partial charge in [-0.3, -0.25) is 0 Å². The van der Waals surface area contributed by atoms with E-state index in [0.29, 0.717) is 23.1 Å². The third-order valence-corrected chi connectivity index (χ3v) is 3.36. The smallest absolute Gasteiger partial charge is 0.338 e. The van der Waals surface area contributed by atoms with Crippen LogP contribution in [0.15, 0.2) is 29.0 Å². The zero-order valence-corrected chi connectivity index (χ0v) is 11.9. The Bertz CT molecular complexity index is 597. The Morgan fingerprint density at radius 1 is 1.53 bits per heavy atom. The SMILES string of the molecule is Cn1cnnc1CCNc1cccc(Br)c1C(=O)O. The third-order valence-electron chi connectivity index (χ3n) is 2.70. The van der Waals surface area contributed by atoms with Gasteiger partial charge in [0, 0.05) is 30.2 Å². The minimum absolute atomic E-state index is 0.237. The number of rotatable bonds is 5. The Hall–Kier alpha value is -1.89. The van der Waals surface area contributed by atoms with E-state index < -0.39 is 5.97 Å². The highest BCUT2D eigenvalue weighted by Gasteiger charge is 2.13. The Kier molecular flexibility index (Phi) is 4.16. The fourth-order valence-electron chi connectivity index (χ4n) is 1.73. The number of benzene rings is 1. The lowest BCUT2D eigenvalue weighted by atomic mass is 10.2. The van der Waals surface area contributed by atoms with Crippen LogP contribution in [0, 0.1) is 0 Å². The second-order valence-electron chi connectivity index (χ2n) is 4.00. The zero-order chi connectivity index (χ0) is 13.8. The van der Waals surface area contributed by atoms with Crippen molar-refractivity contribution in [2.24, 2.45) is 7.05 Å². The number of carbonyl (C=O) groups is 1. The number of aryl methyl sites for hydroxylation is 1. The topological polar surface area (TPSA) is 80.0 Å². The van der Waals surface area contributed by atoms with Crippen molar-refractivity contribution in [3.8, 4) is 0 Å². The lowest BCUT2D eigenvalue weighted by Gasteiger charge is -2.10. The van der Waals surface area contributed by atoms with Gasteiger partial charge in [-0.15, -0.1) is 10.2 Å². The van der Waals surface area contributed by atoms with Crippen LogP contribution in [-0.4, -0.2) is 32.4 Å². The number of carboxylic acids is 1. The summed E-state index contributed by atoms with van der Waals surface area (Å²) in [7, 11) is 1.87. The maximum Gasteiger partial charge on any atom is 0.338 e. The van der Waals surface area contributed by atoms with Crippen LogP contribution in [0.3, 0.4) is 0 Å². The van der Waals surface area contributed by atoms with Crippen LogP contribution in [0.4, 0.5) is 5.69 Å². The fourth-order valence-corrected chi connectivity index (χ4v) is 2.27. The van der Waals surface area contributed by atoms with Crippen molar-refractivity contribution in [2.75, 3.05) is 11.9 Å². The van der Waals surface area contributed by atoms with E-state index in [-0.39, 0.29) is 5.56 Å². The number of nitrogens with zero attached hydrogens (tertiary/aromatic N) is 3. The molecule has 7 heteroatoms. The fraction of sp³-hybridized carbons (Fsp3) is 0.250. The molecular formula is C12H13BrN4O2. The van der Waals surface area contributed by atoms with Crippen molar-refractivity contribution >= 4 is 27.6 Å². The number of hydrogen-bond donors (Lipinski definition) is 2. The minimum Gasteiger partial charge on any atom is -0.478 e. The Morgan fingerprint density at radius 2 is 2.32 bits per heavy atom. The molecule has 2 N–H and O–H groups in total. The molecule has 0 aliphatic heterocycles. The van der Waals surface area contributed by atoms with Crippen molar-refractivity contribution in [3.63, 3.8) is 0 Å². The number of halogens is 1. The molecule has 0 atom stereocenters. The summed E-state index contributed by atoms with van der Waals surface area (Å²) >= 11 is 3.24. The lowest BCUT2D eigenvalue weighted by Crippen LogP contribution is -2.12. The first kappa shape index (κ1) is 13.5. The van der Waals surface area contributed by atoms with Crippen LogP contribution in [0.1, 0.15) is 16.2 Å². The number of aromatic nitrogens is 3. The van der Waals surface area contributed by atoms with Gasteiger partial charge < -0.3 is 15.0 Å². The number of hydrogen-bond acceptors (Lipinski definition) is 4. The Morgan fingerprint density at radius 3 is 2.95 bits per heavy atom. The molecule has 0 amide bonds. The molecule has 100 valence electrons. The van der Waals surface area contributed by atoms with Gasteiger partial charge in [-0.2, -0.15) is 0 Å². The van der Waals surface area contributed by atoms with E-state index in [0.717, 1.165) is 5.82 Å². The van der Waals surface area contributed by atoms with Crippen molar-refractivity contribution < 1.29 is 9.90 Å². The molecule has 0 unspecified atom stereocenters. The van der Waals surface area contributed by atoms with Crippen LogP contribution in [-0.2, 0) is 13.5 Å². The minimum atomic E-state index is -0.964. The van der Waals surface area contributed by atoms with Gasteiger partial charge in [0.1, 0.15) is 12.2 Å². The van der Waals surface area contributed by atoms with Crippen molar-refractivity contribution in [1.82, 2.24) is 14.8 Å². The Balaban J connectivity index is 2.06. The summed E-state index contributed by atoms with van der Waals surface area (Å²) in [4.78, 5) is 11.2. The maximum atomic E-state index is 11.2. The molecule has 6 nitrogen and oxygen atoms in total. The predicted octanol–water partition coefficient (Wildman–Crippen LogP) is 1.93. The second kappa shape index (κ2) is 5.83. The Labute approximate surface area is 118 Å². The van der Waals surface area contributed by atoms with Crippen molar-refractivity contribution in [1.29, 1.82) is 0 Å². The van der Waals surface area contributed by atoms with Gasteiger partial charge in [-0.1, -0.05) is 6.07 Å². The standard InChI is InChI=1S/C12H13BrN4O2/c1-17-7-15-16-10(17)5-6-14-9-4-2-3-8(13)11(9)12(18)19/h2-4,7,14H,5-6H2,1H3,(H,18,19). The summed E-state index contributed by atoms with van der Waals surface area (Å²) in [6.45, 7) is 0.587. The highest BCUT2D eigenvalue weighted by Crippen LogP contribution is 2.24. The van der Waals surface area contributed by atoms with E-state index >= 15 is 0 Å². The molecule has 0 bridgehead atoms. The summed E-state index contributed by atoms with van der Waals surface area (Å²) in [6.07, 6.45) is 2.30. The number of carboxylic acid groups (broad SMARTS) is 1. The van der Waals surface area contributed by atoms with Crippen LogP contribution in [0.2, 0.25) is 0 Å². The van der Waals surface area contributed by atoms with E-state index in [1.807, 2.05) is 11.6 Å². The lowest BCUT2D eigenvalue weighted by molar-refractivity contribution is 0.0697. The normalized spacial score (nSPS) is 10.4. The first-order valence-electron chi connectivity index (χ1n) is 5.68. The maximum absolute atomic E-state index is 11.2. The zero-order valence-electron chi connectivity index (χ0n) is 10.3. The van der Waals surface area contributed by atoms with Crippen LogP contribution in [0.5, 0.6) is 0 Å². The van der Waals surface area contributed by atoms with E-state index in [9.17, 15) is 9.90 Å². The molecular weight excluding hydrogens is 312 g/mol. The van der Waals surface area contributed by atoms with Crippen molar-refractivity contribution in [2.45, 2.75) is 6.42 Å². The molecule has 0 saturated carbocycles. The van der Waals surface area contributed by atoms with E-state index in [1.54, 1.807) is 24.5 Å².